The smallest absolute Gasteiger partial charge is 0.154 e. The van der Waals surface area contributed by atoms with Crippen molar-refractivity contribution in [3.05, 3.63) is 0 Å². The first-order valence-electron chi connectivity index (χ1n) is 6.41. The molecule has 3 nitrogen and oxygen atoms in total. The first-order chi connectivity index (χ1) is 7.48. The molecule has 0 spiro atoms. The third-order valence-electron chi connectivity index (χ3n) is 4.08. The summed E-state index contributed by atoms with van der Waals surface area (Å²) in [6.07, 6.45) is 2.98. The predicted molar refractivity (Wildman–Crippen MR) is 72.9 cm³/mol. The second-order valence-corrected chi connectivity index (χ2v) is 9.37. The molecule has 0 aromatic heterocycles. The van der Waals surface area contributed by atoms with Crippen LogP contribution >= 0.6 is 0 Å². The molecule has 1 N–H and O–H groups in total. The lowest BCUT2D eigenvalue weighted by molar-refractivity contribution is 0.0909. The third-order valence-corrected chi connectivity index (χ3v) is 6.13. The summed E-state index contributed by atoms with van der Waals surface area (Å²) in [6.45, 7) is 11.3. The second-order valence-electron chi connectivity index (χ2n) is 6.96. The van der Waals surface area contributed by atoms with Crippen LogP contribution in [0.4, 0.5) is 0 Å². The molecule has 0 bridgehead atoms. The van der Waals surface area contributed by atoms with E-state index in [1.165, 1.54) is 6.26 Å². The Morgan fingerprint density at radius 2 is 1.76 bits per heavy atom. The van der Waals surface area contributed by atoms with Gasteiger partial charge in [0.2, 0.25) is 0 Å². The van der Waals surface area contributed by atoms with Crippen LogP contribution in [0.15, 0.2) is 0 Å². The lowest BCUT2D eigenvalue weighted by Gasteiger charge is -2.51. The molecule has 0 aromatic carbocycles. The summed E-state index contributed by atoms with van der Waals surface area (Å²) in [6, 6.07) is 0.335. The molecule has 1 aliphatic carbocycles. The van der Waals surface area contributed by atoms with E-state index < -0.39 is 14.6 Å². The van der Waals surface area contributed by atoms with Crippen molar-refractivity contribution in [3.63, 3.8) is 0 Å². The van der Waals surface area contributed by atoms with Gasteiger partial charge in [-0.25, -0.2) is 8.42 Å². The summed E-state index contributed by atoms with van der Waals surface area (Å²) in [4.78, 5) is 0. The Bertz CT molecular complexity index is 359. The SMILES string of the molecule is CC(C)NCC1(S(C)(=O)=O)CC(C(C)(C)C)C1. The number of rotatable bonds is 4. The molecular formula is C13H27NO2S. The summed E-state index contributed by atoms with van der Waals surface area (Å²) in [7, 11) is -2.98. The molecular weight excluding hydrogens is 234 g/mol. The molecule has 1 fully saturated rings. The molecule has 102 valence electrons. The molecule has 0 saturated heterocycles. The van der Waals surface area contributed by atoms with Crippen LogP contribution in [0.2, 0.25) is 0 Å². The molecule has 0 aliphatic heterocycles. The van der Waals surface area contributed by atoms with Crippen LogP contribution in [0.3, 0.4) is 0 Å². The van der Waals surface area contributed by atoms with E-state index in [9.17, 15) is 8.42 Å². The van der Waals surface area contributed by atoms with Gasteiger partial charge in [-0.1, -0.05) is 34.6 Å². The van der Waals surface area contributed by atoms with Gasteiger partial charge in [0, 0.05) is 18.8 Å². The van der Waals surface area contributed by atoms with E-state index in [1.807, 2.05) is 0 Å². The van der Waals surface area contributed by atoms with Crippen molar-refractivity contribution < 1.29 is 8.42 Å². The van der Waals surface area contributed by atoms with Gasteiger partial charge in [0.05, 0.1) is 4.75 Å². The zero-order chi connectivity index (χ0) is 13.5. The van der Waals surface area contributed by atoms with Gasteiger partial charge >= 0.3 is 0 Å². The van der Waals surface area contributed by atoms with E-state index >= 15 is 0 Å². The maximum absolute atomic E-state index is 12.0. The Kier molecular flexibility index (Phi) is 4.00. The highest BCUT2D eigenvalue weighted by Gasteiger charge is 2.54. The topological polar surface area (TPSA) is 46.2 Å². The van der Waals surface area contributed by atoms with Crippen LogP contribution in [0, 0.1) is 11.3 Å². The highest BCUT2D eigenvalue weighted by Crippen LogP contribution is 2.51. The van der Waals surface area contributed by atoms with E-state index in [4.69, 9.17) is 0 Å². The van der Waals surface area contributed by atoms with E-state index in [2.05, 4.69) is 39.9 Å². The Morgan fingerprint density at radius 1 is 1.29 bits per heavy atom. The lowest BCUT2D eigenvalue weighted by atomic mass is 9.62. The van der Waals surface area contributed by atoms with Gasteiger partial charge in [-0.3, -0.25) is 0 Å². The van der Waals surface area contributed by atoms with Gasteiger partial charge in [-0.05, 0) is 24.2 Å². The van der Waals surface area contributed by atoms with Crippen LogP contribution in [0.1, 0.15) is 47.5 Å². The Hall–Kier alpha value is -0.0900. The lowest BCUT2D eigenvalue weighted by Crippen LogP contribution is -2.59. The minimum Gasteiger partial charge on any atom is -0.313 e. The summed E-state index contributed by atoms with van der Waals surface area (Å²) >= 11 is 0. The molecule has 0 amide bonds. The first kappa shape index (κ1) is 15.0. The van der Waals surface area contributed by atoms with Crippen LogP contribution in [-0.2, 0) is 9.84 Å². The van der Waals surface area contributed by atoms with Gasteiger partial charge in [0.25, 0.3) is 0 Å². The zero-order valence-corrected chi connectivity index (χ0v) is 12.8. The molecule has 1 saturated carbocycles. The van der Waals surface area contributed by atoms with Gasteiger partial charge in [-0.2, -0.15) is 0 Å². The van der Waals surface area contributed by atoms with Crippen molar-refractivity contribution in [2.45, 2.75) is 58.2 Å². The molecule has 0 unspecified atom stereocenters. The van der Waals surface area contributed by atoms with Crippen LogP contribution < -0.4 is 5.32 Å². The summed E-state index contributed by atoms with van der Waals surface area (Å²) in [5.41, 5.74) is 0.214. The molecule has 0 aromatic rings. The maximum Gasteiger partial charge on any atom is 0.154 e. The fraction of sp³-hybridized carbons (Fsp3) is 1.00. The van der Waals surface area contributed by atoms with Crippen molar-refractivity contribution in [2.75, 3.05) is 12.8 Å². The maximum atomic E-state index is 12.0. The summed E-state index contributed by atoms with van der Waals surface area (Å²) < 4.78 is 23.4. The molecule has 1 rings (SSSR count). The fourth-order valence-corrected chi connectivity index (χ4v) is 3.77. The molecule has 4 heteroatoms. The Balaban J connectivity index is 2.75. The van der Waals surface area contributed by atoms with Crippen LogP contribution in [-0.4, -0.2) is 32.0 Å². The zero-order valence-electron chi connectivity index (χ0n) is 12.0. The number of nitrogens with one attached hydrogen (secondary N) is 1. The molecule has 0 atom stereocenters. The van der Waals surface area contributed by atoms with E-state index in [1.54, 1.807) is 0 Å². The van der Waals surface area contributed by atoms with Gasteiger partial charge in [0.1, 0.15) is 0 Å². The van der Waals surface area contributed by atoms with Crippen molar-refractivity contribution in [2.24, 2.45) is 11.3 Å². The summed E-state index contributed by atoms with van der Waals surface area (Å²) in [5, 5.41) is 3.29. The predicted octanol–water partition coefficient (Wildman–Crippen LogP) is 2.22. The standard InChI is InChI=1S/C13H27NO2S/c1-10(2)14-9-13(17(6,15)16)7-11(8-13)12(3,4)5/h10-11,14H,7-9H2,1-6H3. The molecule has 0 heterocycles. The molecule has 1 aliphatic rings. The normalized spacial score (nSPS) is 30.4. The monoisotopic (exact) mass is 261 g/mol. The van der Waals surface area contributed by atoms with E-state index in [0.29, 0.717) is 18.5 Å². The molecule has 0 radical (unpaired) electrons. The van der Waals surface area contributed by atoms with Crippen LogP contribution in [0.25, 0.3) is 0 Å². The quantitative estimate of drug-likeness (QED) is 0.844. The number of hydrogen-bond acceptors (Lipinski definition) is 3. The van der Waals surface area contributed by atoms with Gasteiger partial charge in [-0.15, -0.1) is 0 Å². The van der Waals surface area contributed by atoms with Crippen LogP contribution in [0.5, 0.6) is 0 Å². The van der Waals surface area contributed by atoms with E-state index in [-0.39, 0.29) is 5.41 Å². The highest BCUT2D eigenvalue weighted by molar-refractivity contribution is 7.92. The van der Waals surface area contributed by atoms with Gasteiger partial charge < -0.3 is 5.32 Å². The number of hydrogen-bond donors (Lipinski definition) is 1. The number of sulfone groups is 1. The van der Waals surface area contributed by atoms with Crippen molar-refractivity contribution in [1.82, 2.24) is 5.32 Å². The van der Waals surface area contributed by atoms with Gasteiger partial charge in [0.15, 0.2) is 9.84 Å². The molecule has 17 heavy (non-hydrogen) atoms. The highest BCUT2D eigenvalue weighted by atomic mass is 32.2. The minimum atomic E-state index is -2.98. The average molecular weight is 261 g/mol. The Morgan fingerprint density at radius 3 is 2.06 bits per heavy atom. The van der Waals surface area contributed by atoms with Crippen molar-refractivity contribution in [1.29, 1.82) is 0 Å². The summed E-state index contributed by atoms with van der Waals surface area (Å²) in [5.74, 6) is 0.520. The third kappa shape index (κ3) is 3.22. The largest absolute Gasteiger partial charge is 0.313 e. The first-order valence-corrected chi connectivity index (χ1v) is 8.30. The second kappa shape index (κ2) is 4.54. The van der Waals surface area contributed by atoms with E-state index in [0.717, 1.165) is 12.8 Å². The van der Waals surface area contributed by atoms with Crippen molar-refractivity contribution in [3.8, 4) is 0 Å². The Labute approximate surface area is 106 Å². The van der Waals surface area contributed by atoms with Crippen molar-refractivity contribution >= 4 is 9.84 Å². The fourth-order valence-electron chi connectivity index (χ4n) is 2.42. The average Bonchev–Trinajstić information content (AvgIpc) is 1.95. The minimum absolute atomic E-state index is 0.214.